The van der Waals surface area contributed by atoms with E-state index in [0.29, 0.717) is 5.60 Å². The number of methoxy groups -OCH3 is 1. The summed E-state index contributed by atoms with van der Waals surface area (Å²) in [6.45, 7) is 0. The minimum Gasteiger partial charge on any atom is -0.378 e. The van der Waals surface area contributed by atoms with Gasteiger partial charge in [-0.1, -0.05) is 0 Å². The van der Waals surface area contributed by atoms with Crippen LogP contribution in [0.4, 0.5) is 0 Å². The number of rotatable bonds is 1. The third-order valence-corrected chi connectivity index (χ3v) is 4.13. The molecule has 0 saturated heterocycles. The lowest BCUT2D eigenvalue weighted by atomic mass is 9.83. The molecule has 1 nitrogen and oxygen atoms in total. The maximum Gasteiger partial charge on any atom is 0.0742 e. The van der Waals surface area contributed by atoms with Gasteiger partial charge in [0.15, 0.2) is 0 Å². The third-order valence-electron chi connectivity index (χ3n) is 4.13. The van der Waals surface area contributed by atoms with Gasteiger partial charge in [-0.15, -0.1) is 0 Å². The minimum absolute atomic E-state index is 0.411. The van der Waals surface area contributed by atoms with E-state index in [0.717, 1.165) is 17.8 Å². The first-order valence-corrected chi connectivity index (χ1v) is 4.42. The van der Waals surface area contributed by atoms with E-state index in [-0.39, 0.29) is 0 Å². The van der Waals surface area contributed by atoms with Gasteiger partial charge in [0.25, 0.3) is 0 Å². The molecule has 10 heavy (non-hydrogen) atoms. The van der Waals surface area contributed by atoms with Crippen LogP contribution in [0.3, 0.4) is 0 Å². The fraction of sp³-hybridized carbons (Fsp3) is 1.00. The lowest BCUT2D eigenvalue weighted by Crippen LogP contribution is -2.27. The summed E-state index contributed by atoms with van der Waals surface area (Å²) < 4.78 is 5.60. The Morgan fingerprint density at radius 3 is 2.40 bits per heavy atom. The normalized spacial score (nSPS) is 62.7. The fourth-order valence-electron chi connectivity index (χ4n) is 3.56. The van der Waals surface area contributed by atoms with Crippen molar-refractivity contribution < 1.29 is 4.74 Å². The lowest BCUT2D eigenvalue weighted by Gasteiger charge is -2.30. The second-order valence-electron chi connectivity index (χ2n) is 4.25. The van der Waals surface area contributed by atoms with Crippen molar-refractivity contribution in [3.8, 4) is 0 Å². The van der Waals surface area contributed by atoms with E-state index in [1.165, 1.54) is 25.7 Å². The van der Waals surface area contributed by atoms with Gasteiger partial charge in [0.1, 0.15) is 0 Å². The lowest BCUT2D eigenvalue weighted by molar-refractivity contribution is 0.00461. The molecular weight excluding hydrogens is 124 g/mol. The zero-order valence-electron chi connectivity index (χ0n) is 6.47. The second-order valence-corrected chi connectivity index (χ2v) is 4.25. The molecule has 0 aromatic rings. The number of hydrogen-bond acceptors (Lipinski definition) is 1. The second kappa shape index (κ2) is 1.42. The maximum atomic E-state index is 5.60. The zero-order chi connectivity index (χ0) is 6.77. The number of fused-ring (bicyclic) bond motifs is 1. The van der Waals surface area contributed by atoms with Crippen molar-refractivity contribution in [1.82, 2.24) is 0 Å². The summed E-state index contributed by atoms with van der Waals surface area (Å²) in [6, 6.07) is 0. The fourth-order valence-corrected chi connectivity index (χ4v) is 3.56. The number of ether oxygens (including phenoxy) is 1. The minimum atomic E-state index is 0.411. The van der Waals surface area contributed by atoms with E-state index in [4.69, 9.17) is 4.74 Å². The van der Waals surface area contributed by atoms with Gasteiger partial charge in [-0.05, 0) is 43.4 Å². The van der Waals surface area contributed by atoms with Crippen LogP contribution in [0.1, 0.15) is 25.7 Å². The molecule has 4 saturated carbocycles. The standard InChI is InChI=1S/C9H14O/c1-10-9-3-2-6-4-7(9)8(9)5-6/h6-8H,2-5H2,1H3. The first-order chi connectivity index (χ1) is 4.87. The maximum absolute atomic E-state index is 5.60. The molecule has 4 aliphatic carbocycles. The molecular formula is C9H14O. The van der Waals surface area contributed by atoms with Crippen LogP contribution in [0.5, 0.6) is 0 Å². The van der Waals surface area contributed by atoms with E-state index in [9.17, 15) is 0 Å². The molecule has 1 heteroatoms. The van der Waals surface area contributed by atoms with Gasteiger partial charge < -0.3 is 4.74 Å². The van der Waals surface area contributed by atoms with Gasteiger partial charge in [0.2, 0.25) is 0 Å². The average Bonchev–Trinajstić information content (AvgIpc) is 2.46. The summed E-state index contributed by atoms with van der Waals surface area (Å²) in [6.07, 6.45) is 5.78. The molecule has 0 aromatic carbocycles. The Morgan fingerprint density at radius 2 is 2.00 bits per heavy atom. The highest BCUT2D eigenvalue weighted by Crippen LogP contribution is 2.70. The molecule has 0 aliphatic heterocycles. The highest BCUT2D eigenvalue weighted by molar-refractivity contribution is 5.21. The molecule has 0 N–H and O–H groups in total. The Bertz CT molecular complexity index is 164. The van der Waals surface area contributed by atoms with Crippen molar-refractivity contribution in [2.24, 2.45) is 17.8 Å². The van der Waals surface area contributed by atoms with Crippen LogP contribution < -0.4 is 0 Å². The summed E-state index contributed by atoms with van der Waals surface area (Å²) >= 11 is 0. The van der Waals surface area contributed by atoms with Crippen molar-refractivity contribution in [3.63, 3.8) is 0 Å². The molecule has 4 rings (SSSR count). The van der Waals surface area contributed by atoms with E-state index in [2.05, 4.69) is 0 Å². The Labute approximate surface area is 61.8 Å². The smallest absolute Gasteiger partial charge is 0.0742 e. The van der Waals surface area contributed by atoms with Crippen LogP contribution in [-0.2, 0) is 4.74 Å². The molecule has 0 heterocycles. The summed E-state index contributed by atoms with van der Waals surface area (Å²) in [5.74, 6) is 3.06. The van der Waals surface area contributed by atoms with Gasteiger partial charge in [0, 0.05) is 7.11 Å². The zero-order valence-corrected chi connectivity index (χ0v) is 6.47. The first-order valence-electron chi connectivity index (χ1n) is 4.42. The highest BCUT2D eigenvalue weighted by Gasteiger charge is 2.71. The Hall–Kier alpha value is -0.0400. The predicted molar refractivity (Wildman–Crippen MR) is 38.7 cm³/mol. The molecule has 0 spiro atoms. The van der Waals surface area contributed by atoms with Gasteiger partial charge >= 0.3 is 0 Å². The molecule has 4 fully saturated rings. The Kier molecular flexibility index (Phi) is 0.797. The monoisotopic (exact) mass is 138 g/mol. The van der Waals surface area contributed by atoms with Crippen LogP contribution in [0.2, 0.25) is 0 Å². The predicted octanol–water partition coefficient (Wildman–Crippen LogP) is 1.82. The molecule has 2 unspecified atom stereocenters. The van der Waals surface area contributed by atoms with Crippen LogP contribution >= 0.6 is 0 Å². The molecule has 0 amide bonds. The van der Waals surface area contributed by atoms with Gasteiger partial charge in [0.05, 0.1) is 5.60 Å². The summed E-state index contributed by atoms with van der Waals surface area (Å²) in [5.41, 5.74) is 0.411. The van der Waals surface area contributed by atoms with Crippen LogP contribution in [0.15, 0.2) is 0 Å². The molecule has 4 bridgehead atoms. The van der Waals surface area contributed by atoms with Crippen LogP contribution in [0.25, 0.3) is 0 Å². The van der Waals surface area contributed by atoms with Gasteiger partial charge in [-0.25, -0.2) is 0 Å². The van der Waals surface area contributed by atoms with Crippen molar-refractivity contribution in [1.29, 1.82) is 0 Å². The van der Waals surface area contributed by atoms with E-state index in [1.807, 2.05) is 7.11 Å². The van der Waals surface area contributed by atoms with Crippen molar-refractivity contribution in [3.05, 3.63) is 0 Å². The van der Waals surface area contributed by atoms with E-state index in [1.54, 1.807) is 0 Å². The van der Waals surface area contributed by atoms with Crippen molar-refractivity contribution >= 4 is 0 Å². The SMILES string of the molecule is COC12CCC3CC1C2C3. The average molecular weight is 138 g/mol. The summed E-state index contributed by atoms with van der Waals surface area (Å²) in [5, 5.41) is 0. The largest absolute Gasteiger partial charge is 0.378 e. The Balaban J connectivity index is 1.93. The molecule has 4 aliphatic rings. The van der Waals surface area contributed by atoms with Crippen molar-refractivity contribution in [2.75, 3.05) is 7.11 Å². The molecule has 56 valence electrons. The van der Waals surface area contributed by atoms with Gasteiger partial charge in [-0.2, -0.15) is 0 Å². The molecule has 2 atom stereocenters. The summed E-state index contributed by atoms with van der Waals surface area (Å²) in [7, 11) is 1.90. The molecule has 0 radical (unpaired) electrons. The Morgan fingerprint density at radius 1 is 1.30 bits per heavy atom. The van der Waals surface area contributed by atoms with Gasteiger partial charge in [-0.3, -0.25) is 0 Å². The third kappa shape index (κ3) is 0.402. The van der Waals surface area contributed by atoms with Crippen LogP contribution in [0, 0.1) is 17.8 Å². The highest BCUT2D eigenvalue weighted by atomic mass is 16.5. The summed E-state index contributed by atoms with van der Waals surface area (Å²) in [4.78, 5) is 0. The topological polar surface area (TPSA) is 9.23 Å². The van der Waals surface area contributed by atoms with Crippen LogP contribution in [-0.4, -0.2) is 12.7 Å². The molecule has 0 aromatic heterocycles. The van der Waals surface area contributed by atoms with E-state index >= 15 is 0 Å². The first kappa shape index (κ1) is 5.59. The van der Waals surface area contributed by atoms with Crippen molar-refractivity contribution in [2.45, 2.75) is 31.3 Å². The van der Waals surface area contributed by atoms with E-state index < -0.39 is 0 Å². The number of hydrogen-bond donors (Lipinski definition) is 0. The quantitative estimate of drug-likeness (QED) is 0.537.